The summed E-state index contributed by atoms with van der Waals surface area (Å²) in [6.45, 7) is 7.08. The van der Waals surface area contributed by atoms with Crippen LogP contribution in [0.3, 0.4) is 0 Å². The number of hydrogen-bond acceptors (Lipinski definition) is 4. The van der Waals surface area contributed by atoms with Crippen molar-refractivity contribution in [2.45, 2.75) is 39.4 Å². The van der Waals surface area contributed by atoms with Gasteiger partial charge in [0.15, 0.2) is 0 Å². The molecule has 1 aromatic rings. The van der Waals surface area contributed by atoms with E-state index in [4.69, 9.17) is 4.74 Å². The van der Waals surface area contributed by atoms with Crippen LogP contribution in [0, 0.1) is 13.8 Å². The molecule has 1 atom stereocenters. The van der Waals surface area contributed by atoms with Crippen LogP contribution in [0.4, 0.5) is 10.5 Å². The largest absolute Gasteiger partial charge is 0.530 e. The number of halogens is 1. The van der Waals surface area contributed by atoms with Crippen molar-refractivity contribution < 1.29 is 19.7 Å². The summed E-state index contributed by atoms with van der Waals surface area (Å²) in [5.74, 6) is 0.566. The molecule has 1 unspecified atom stereocenters. The predicted molar refractivity (Wildman–Crippen MR) is 72.3 cm³/mol. The maximum absolute atomic E-state index is 10.8. The van der Waals surface area contributed by atoms with E-state index in [0.29, 0.717) is 32.6 Å². The Morgan fingerprint density at radius 1 is 1.42 bits per heavy atom. The number of aliphatic hydroxyl groups excluding tert-OH is 1. The third-order valence-electron chi connectivity index (χ3n) is 3.45. The number of benzene rings is 1. The average Bonchev–Trinajstić information content (AvgIpc) is 2.54. The highest BCUT2D eigenvalue weighted by atomic mass is 79.9. The first-order valence-electron chi connectivity index (χ1n) is 5.84. The Morgan fingerprint density at radius 3 is 2.53 bits per heavy atom. The van der Waals surface area contributed by atoms with E-state index >= 15 is 0 Å². The van der Waals surface area contributed by atoms with Crippen molar-refractivity contribution in [2.24, 2.45) is 0 Å². The molecule has 0 saturated heterocycles. The zero-order valence-corrected chi connectivity index (χ0v) is 12.7. The van der Waals surface area contributed by atoms with Gasteiger partial charge >= 0.3 is 0 Å². The van der Waals surface area contributed by atoms with Crippen LogP contribution >= 0.6 is 15.9 Å². The number of aliphatic hydroxyl groups is 1. The lowest BCUT2D eigenvalue weighted by Crippen LogP contribution is -2.30. The second kappa shape index (κ2) is 4.38. The van der Waals surface area contributed by atoms with Gasteiger partial charge in [0.05, 0.1) is 4.47 Å². The van der Waals surface area contributed by atoms with Crippen LogP contribution in [0.15, 0.2) is 4.47 Å². The number of nitrogens with one attached hydrogen (secondary N) is 1. The van der Waals surface area contributed by atoms with Crippen LogP contribution in [0.1, 0.15) is 36.6 Å². The van der Waals surface area contributed by atoms with E-state index in [9.17, 15) is 15.0 Å². The minimum absolute atomic E-state index is 0.422. The lowest BCUT2D eigenvalue weighted by Gasteiger charge is -2.22. The summed E-state index contributed by atoms with van der Waals surface area (Å²) in [4.78, 5) is 10.8. The summed E-state index contributed by atoms with van der Waals surface area (Å²) in [5, 5.41) is 23.4. The van der Waals surface area contributed by atoms with Gasteiger partial charge in [-0.15, -0.1) is 0 Å². The lowest BCUT2D eigenvalue weighted by atomic mass is 9.92. The molecule has 2 rings (SSSR count). The first-order valence-corrected chi connectivity index (χ1v) is 6.63. The number of carbonyl (C=O) groups excluding carboxylic acids is 1. The fourth-order valence-corrected chi connectivity index (χ4v) is 2.86. The van der Waals surface area contributed by atoms with Crippen LogP contribution in [0.25, 0.3) is 0 Å². The van der Waals surface area contributed by atoms with Gasteiger partial charge in [-0.05, 0) is 54.8 Å². The standard InChI is InChI=1S/C13H16BrNO4/c1-5-7-10(19-13(3,4)11(7)16)8(14)6(2)9(5)15-12(17)18/h11,15-16H,1-4H3,(H,17,18)/p-1. The summed E-state index contributed by atoms with van der Waals surface area (Å²) >= 11 is 3.40. The zero-order valence-electron chi connectivity index (χ0n) is 11.1. The van der Waals surface area contributed by atoms with Crippen molar-refractivity contribution >= 4 is 27.7 Å². The van der Waals surface area contributed by atoms with Gasteiger partial charge in [-0.1, -0.05) is 0 Å². The van der Waals surface area contributed by atoms with Gasteiger partial charge in [0.1, 0.15) is 23.5 Å². The van der Waals surface area contributed by atoms with E-state index in [1.54, 1.807) is 27.7 Å². The van der Waals surface area contributed by atoms with E-state index in [1.165, 1.54) is 0 Å². The summed E-state index contributed by atoms with van der Waals surface area (Å²) < 4.78 is 6.41. The monoisotopic (exact) mass is 328 g/mol. The molecule has 19 heavy (non-hydrogen) atoms. The number of anilines is 1. The molecule has 0 spiro atoms. The highest BCUT2D eigenvalue weighted by molar-refractivity contribution is 9.10. The Bertz CT molecular complexity index is 568. The fraction of sp³-hybridized carbons (Fsp3) is 0.462. The van der Waals surface area contributed by atoms with Gasteiger partial charge in [-0.3, -0.25) is 0 Å². The third-order valence-corrected chi connectivity index (χ3v) is 4.41. The first-order chi connectivity index (χ1) is 8.66. The Morgan fingerprint density at radius 2 is 2.00 bits per heavy atom. The molecule has 2 N–H and O–H groups in total. The lowest BCUT2D eigenvalue weighted by molar-refractivity contribution is -0.242. The van der Waals surface area contributed by atoms with Crippen LogP contribution in [-0.4, -0.2) is 16.8 Å². The van der Waals surface area contributed by atoms with Gasteiger partial charge < -0.3 is 25.1 Å². The molecule has 0 fully saturated rings. The molecule has 1 aliphatic rings. The van der Waals surface area contributed by atoms with Crippen molar-refractivity contribution in [3.05, 3.63) is 21.2 Å². The zero-order chi connectivity index (χ0) is 14.5. The molecule has 104 valence electrons. The number of rotatable bonds is 1. The minimum Gasteiger partial charge on any atom is -0.530 e. The second-order valence-electron chi connectivity index (χ2n) is 5.20. The Hall–Kier alpha value is -1.27. The van der Waals surface area contributed by atoms with Gasteiger partial charge in [0.2, 0.25) is 0 Å². The SMILES string of the molecule is Cc1c(Br)c2c(c(C)c1NC(=O)[O-])C(O)C(C)(C)O2. The van der Waals surface area contributed by atoms with Crippen molar-refractivity contribution in [1.82, 2.24) is 0 Å². The molecule has 0 saturated carbocycles. The molecule has 0 radical (unpaired) electrons. The number of hydrogen-bond donors (Lipinski definition) is 2. The second-order valence-corrected chi connectivity index (χ2v) is 6.00. The topological polar surface area (TPSA) is 81.6 Å². The van der Waals surface area contributed by atoms with Crippen LogP contribution in [-0.2, 0) is 0 Å². The average molecular weight is 329 g/mol. The van der Waals surface area contributed by atoms with E-state index in [2.05, 4.69) is 21.2 Å². The first kappa shape index (κ1) is 14.1. The van der Waals surface area contributed by atoms with E-state index in [-0.39, 0.29) is 0 Å². The highest BCUT2D eigenvalue weighted by Crippen LogP contribution is 2.51. The molecule has 6 heteroatoms. The predicted octanol–water partition coefficient (Wildman–Crippen LogP) is 2.03. The van der Waals surface area contributed by atoms with Crippen molar-refractivity contribution in [1.29, 1.82) is 0 Å². The normalized spacial score (nSPS) is 19.8. The Labute approximate surface area is 119 Å². The molecular formula is C13H15BrNO4-. The molecule has 0 aliphatic carbocycles. The molecular weight excluding hydrogens is 314 g/mol. The number of ether oxygens (including phenoxy) is 1. The fourth-order valence-electron chi connectivity index (χ4n) is 2.37. The quantitative estimate of drug-likeness (QED) is 0.826. The van der Waals surface area contributed by atoms with Gasteiger partial charge in [0, 0.05) is 11.3 Å². The van der Waals surface area contributed by atoms with E-state index in [1.807, 2.05) is 0 Å². The molecule has 0 bridgehead atoms. The number of carbonyl (C=O) groups is 1. The van der Waals surface area contributed by atoms with Gasteiger partial charge in [-0.25, -0.2) is 0 Å². The highest BCUT2D eigenvalue weighted by Gasteiger charge is 2.43. The molecule has 1 aliphatic heterocycles. The van der Waals surface area contributed by atoms with Crippen molar-refractivity contribution in [3.8, 4) is 5.75 Å². The van der Waals surface area contributed by atoms with Crippen LogP contribution in [0.5, 0.6) is 5.75 Å². The van der Waals surface area contributed by atoms with Gasteiger partial charge in [0.25, 0.3) is 0 Å². The molecule has 1 aromatic carbocycles. The van der Waals surface area contributed by atoms with E-state index < -0.39 is 17.8 Å². The third kappa shape index (κ3) is 2.08. The molecule has 1 heterocycles. The Balaban J connectivity index is 2.69. The van der Waals surface area contributed by atoms with Crippen molar-refractivity contribution in [2.75, 3.05) is 5.32 Å². The summed E-state index contributed by atoms with van der Waals surface area (Å²) in [6.07, 6.45) is -2.20. The minimum atomic E-state index is -1.38. The summed E-state index contributed by atoms with van der Waals surface area (Å²) in [6, 6.07) is 0. The molecule has 5 nitrogen and oxygen atoms in total. The molecule has 0 aromatic heterocycles. The molecule has 1 amide bonds. The summed E-state index contributed by atoms with van der Waals surface area (Å²) in [7, 11) is 0. The van der Waals surface area contributed by atoms with Crippen LogP contribution in [0.2, 0.25) is 0 Å². The maximum atomic E-state index is 10.8. The van der Waals surface area contributed by atoms with Crippen molar-refractivity contribution in [3.63, 3.8) is 0 Å². The maximum Gasteiger partial charge on any atom is 0.141 e. The number of amides is 1. The van der Waals surface area contributed by atoms with E-state index in [0.717, 1.165) is 0 Å². The number of fused-ring (bicyclic) bond motifs is 1. The number of carboxylic acid groups (broad SMARTS) is 1. The van der Waals surface area contributed by atoms with Crippen LogP contribution < -0.4 is 15.2 Å². The summed E-state index contributed by atoms with van der Waals surface area (Å²) in [5.41, 5.74) is 1.63. The Kier molecular flexibility index (Phi) is 3.26. The smallest absolute Gasteiger partial charge is 0.141 e. The van der Waals surface area contributed by atoms with Gasteiger partial charge in [-0.2, -0.15) is 0 Å².